The van der Waals surface area contributed by atoms with Gasteiger partial charge < -0.3 is 14.8 Å². The van der Waals surface area contributed by atoms with Crippen LogP contribution in [0.5, 0.6) is 0 Å². The molecule has 0 saturated heterocycles. The van der Waals surface area contributed by atoms with Crippen molar-refractivity contribution >= 4 is 29.1 Å². The number of hydrogen-bond acceptors (Lipinski definition) is 3. The maximum atomic E-state index is 11.5. The van der Waals surface area contributed by atoms with Crippen molar-refractivity contribution in [3.63, 3.8) is 0 Å². The first-order chi connectivity index (χ1) is 7.50. The zero-order valence-electron chi connectivity index (χ0n) is 8.32. The zero-order valence-corrected chi connectivity index (χ0v) is 9.83. The van der Waals surface area contributed by atoms with Crippen LogP contribution in [0.25, 0.3) is 0 Å². The van der Waals surface area contributed by atoms with E-state index in [1.54, 1.807) is 12.1 Å². The van der Waals surface area contributed by atoms with Gasteiger partial charge in [-0.2, -0.15) is 0 Å². The van der Waals surface area contributed by atoms with Gasteiger partial charge in [0.1, 0.15) is 16.2 Å². The molecule has 4 nitrogen and oxygen atoms in total. The van der Waals surface area contributed by atoms with Crippen LogP contribution in [0.2, 0.25) is 0 Å². The van der Waals surface area contributed by atoms with Crippen LogP contribution in [0.1, 0.15) is 18.3 Å². The lowest BCUT2D eigenvalue weighted by Gasteiger charge is -2.09. The molecule has 2 unspecified atom stereocenters. The fourth-order valence-corrected chi connectivity index (χ4v) is 1.91. The van der Waals surface area contributed by atoms with Gasteiger partial charge in [-0.1, -0.05) is 0 Å². The topological polar surface area (TPSA) is 62.5 Å². The summed E-state index contributed by atoms with van der Waals surface area (Å²) in [6.45, 7) is 0.0900. The first-order valence-corrected chi connectivity index (χ1v) is 5.63. The zero-order chi connectivity index (χ0) is 11.8. The lowest BCUT2D eigenvalue weighted by molar-refractivity contribution is -0.122. The third-order valence-electron chi connectivity index (χ3n) is 2.48. The van der Waals surface area contributed by atoms with Gasteiger partial charge in [-0.25, -0.2) is 0 Å². The molecule has 16 heavy (non-hydrogen) atoms. The first kappa shape index (κ1) is 11.8. The first-order valence-electron chi connectivity index (χ1n) is 4.88. The minimum Gasteiger partial charge on any atom is -0.467 e. The van der Waals surface area contributed by atoms with Crippen LogP contribution < -0.4 is 5.32 Å². The largest absolute Gasteiger partial charge is 0.467 e. The molecule has 1 aromatic rings. The Morgan fingerprint density at radius 2 is 2.44 bits per heavy atom. The second-order valence-corrected chi connectivity index (χ2v) is 5.34. The summed E-state index contributed by atoms with van der Waals surface area (Å²) in [6, 6.07) is 3.31. The number of furan rings is 1. The maximum Gasteiger partial charge on any atom is 0.226 e. The molecule has 1 aliphatic rings. The molecule has 0 spiro atoms. The molecule has 0 aliphatic heterocycles. The number of hydrogen-bond donors (Lipinski definition) is 2. The van der Waals surface area contributed by atoms with Gasteiger partial charge in [0.2, 0.25) is 5.91 Å². The molecule has 0 radical (unpaired) electrons. The van der Waals surface area contributed by atoms with Crippen LogP contribution in [0.15, 0.2) is 22.8 Å². The Kier molecular flexibility index (Phi) is 3.15. The highest BCUT2D eigenvalue weighted by Crippen LogP contribution is 2.53. The van der Waals surface area contributed by atoms with Crippen LogP contribution in [0, 0.1) is 5.92 Å². The van der Waals surface area contributed by atoms with Crippen LogP contribution >= 0.6 is 23.2 Å². The summed E-state index contributed by atoms with van der Waals surface area (Å²) < 4.78 is 4.06. The molecule has 1 heterocycles. The van der Waals surface area contributed by atoms with Gasteiger partial charge in [-0.15, -0.1) is 23.2 Å². The van der Waals surface area contributed by atoms with Gasteiger partial charge in [0, 0.05) is 0 Å². The molecule has 1 saturated carbocycles. The molecule has 1 amide bonds. The van der Waals surface area contributed by atoms with Gasteiger partial charge >= 0.3 is 0 Å². The highest BCUT2D eigenvalue weighted by atomic mass is 35.5. The van der Waals surface area contributed by atoms with Crippen LogP contribution in [-0.4, -0.2) is 21.9 Å². The van der Waals surface area contributed by atoms with E-state index in [0.717, 1.165) is 0 Å². The van der Waals surface area contributed by atoms with Crippen molar-refractivity contribution in [2.45, 2.75) is 16.9 Å². The molecule has 2 atom stereocenters. The normalized spacial score (nSPS) is 23.8. The van der Waals surface area contributed by atoms with Crippen molar-refractivity contribution in [3.05, 3.63) is 24.2 Å². The standard InChI is InChI=1S/C10H11Cl2NO3/c11-10(12)4-6(10)9(15)13-5-7(14)8-2-1-3-16-8/h1-3,6-7,14H,4-5H2,(H,13,15). The average molecular weight is 264 g/mol. The van der Waals surface area contributed by atoms with Crippen molar-refractivity contribution < 1.29 is 14.3 Å². The number of carbonyl (C=O) groups excluding carboxylic acids is 1. The number of alkyl halides is 2. The fraction of sp³-hybridized carbons (Fsp3) is 0.500. The summed E-state index contributed by atoms with van der Waals surface area (Å²) in [4.78, 5) is 11.5. The van der Waals surface area contributed by atoms with E-state index in [2.05, 4.69) is 5.32 Å². The second kappa shape index (κ2) is 4.28. The van der Waals surface area contributed by atoms with Crippen molar-refractivity contribution in [1.29, 1.82) is 0 Å². The number of amides is 1. The molecule has 1 aromatic heterocycles. The van der Waals surface area contributed by atoms with Gasteiger partial charge in [-0.05, 0) is 18.6 Å². The third kappa shape index (κ3) is 2.51. The van der Waals surface area contributed by atoms with Crippen molar-refractivity contribution in [1.82, 2.24) is 5.32 Å². The van der Waals surface area contributed by atoms with Crippen LogP contribution in [-0.2, 0) is 4.79 Å². The molecular weight excluding hydrogens is 253 g/mol. The average Bonchev–Trinajstić information content (AvgIpc) is 2.72. The lowest BCUT2D eigenvalue weighted by Crippen LogP contribution is -2.30. The van der Waals surface area contributed by atoms with Crippen molar-refractivity contribution in [2.75, 3.05) is 6.54 Å². The Labute approximate surface area is 103 Å². The predicted octanol–water partition coefficient (Wildman–Crippen LogP) is 1.62. The smallest absolute Gasteiger partial charge is 0.226 e. The van der Waals surface area contributed by atoms with E-state index in [1.165, 1.54) is 6.26 Å². The quantitative estimate of drug-likeness (QED) is 0.812. The van der Waals surface area contributed by atoms with E-state index >= 15 is 0 Å². The van der Waals surface area contributed by atoms with Gasteiger partial charge in [0.05, 0.1) is 18.7 Å². The van der Waals surface area contributed by atoms with Crippen molar-refractivity contribution in [3.8, 4) is 0 Å². The van der Waals surface area contributed by atoms with E-state index in [-0.39, 0.29) is 18.4 Å². The molecule has 1 aliphatic carbocycles. The lowest BCUT2D eigenvalue weighted by atomic mass is 10.2. The number of nitrogens with one attached hydrogen (secondary N) is 1. The van der Waals surface area contributed by atoms with Gasteiger partial charge in [-0.3, -0.25) is 4.79 Å². The highest BCUT2D eigenvalue weighted by molar-refractivity contribution is 6.52. The summed E-state index contributed by atoms with van der Waals surface area (Å²) in [5.41, 5.74) is 0. The summed E-state index contributed by atoms with van der Waals surface area (Å²) >= 11 is 11.5. The molecule has 2 rings (SSSR count). The highest BCUT2D eigenvalue weighted by Gasteiger charge is 2.56. The summed E-state index contributed by atoms with van der Waals surface area (Å²) in [5.74, 6) is -0.200. The summed E-state index contributed by atoms with van der Waals surface area (Å²) in [6.07, 6.45) is 1.07. The Balaban J connectivity index is 1.78. The minimum absolute atomic E-state index is 0.0900. The monoisotopic (exact) mass is 263 g/mol. The SMILES string of the molecule is O=C(NCC(O)c1ccco1)C1CC1(Cl)Cl. The summed E-state index contributed by atoms with van der Waals surface area (Å²) in [7, 11) is 0. The van der Waals surface area contributed by atoms with Gasteiger partial charge in [0.15, 0.2) is 0 Å². The number of aliphatic hydroxyl groups is 1. The van der Waals surface area contributed by atoms with E-state index in [4.69, 9.17) is 27.6 Å². The Morgan fingerprint density at radius 3 is 2.94 bits per heavy atom. The van der Waals surface area contributed by atoms with Gasteiger partial charge in [0.25, 0.3) is 0 Å². The fourth-order valence-electron chi connectivity index (χ4n) is 1.40. The molecule has 88 valence electrons. The predicted molar refractivity (Wildman–Crippen MR) is 59.2 cm³/mol. The molecule has 0 aromatic carbocycles. The molecular formula is C10H11Cl2NO3. The number of aliphatic hydroxyl groups excluding tert-OH is 1. The molecule has 2 N–H and O–H groups in total. The van der Waals surface area contributed by atoms with E-state index in [0.29, 0.717) is 12.2 Å². The Bertz CT molecular complexity index is 377. The number of carbonyl (C=O) groups is 1. The number of rotatable bonds is 4. The molecule has 6 heteroatoms. The maximum absolute atomic E-state index is 11.5. The van der Waals surface area contributed by atoms with E-state index in [9.17, 15) is 9.90 Å². The van der Waals surface area contributed by atoms with E-state index in [1.807, 2.05) is 0 Å². The molecule has 0 bridgehead atoms. The minimum atomic E-state index is -0.931. The second-order valence-electron chi connectivity index (χ2n) is 3.79. The Hall–Kier alpha value is -0.710. The third-order valence-corrected chi connectivity index (χ3v) is 3.32. The molecule has 1 fully saturated rings. The number of halogens is 2. The van der Waals surface area contributed by atoms with Crippen LogP contribution in [0.4, 0.5) is 0 Å². The van der Waals surface area contributed by atoms with Crippen molar-refractivity contribution in [2.24, 2.45) is 5.92 Å². The summed E-state index contributed by atoms with van der Waals surface area (Å²) in [5, 5.41) is 12.2. The van der Waals surface area contributed by atoms with E-state index < -0.39 is 10.4 Å². The van der Waals surface area contributed by atoms with Crippen LogP contribution in [0.3, 0.4) is 0 Å². The Morgan fingerprint density at radius 1 is 1.75 bits per heavy atom.